The summed E-state index contributed by atoms with van der Waals surface area (Å²) in [5, 5.41) is 9.58. The van der Waals surface area contributed by atoms with Crippen molar-refractivity contribution in [2.24, 2.45) is 7.05 Å². The Morgan fingerprint density at radius 3 is 3.05 bits per heavy atom. The zero-order valence-electron chi connectivity index (χ0n) is 11.3. The Balaban J connectivity index is 2.05. The topological polar surface area (TPSA) is 72.7 Å². The minimum Gasteiger partial charge on any atom is -0.461 e. The average Bonchev–Trinajstić information content (AvgIpc) is 2.91. The number of aryl methyl sites for hydroxylation is 1. The molecule has 1 saturated heterocycles. The van der Waals surface area contributed by atoms with E-state index in [1.54, 1.807) is 14.0 Å². The van der Waals surface area contributed by atoms with Crippen molar-refractivity contribution in [3.05, 3.63) is 17.7 Å². The van der Waals surface area contributed by atoms with E-state index in [1.165, 1.54) is 10.8 Å². The first-order valence-corrected chi connectivity index (χ1v) is 7.06. The molecule has 2 rings (SSSR count). The van der Waals surface area contributed by atoms with Crippen LogP contribution in [0.5, 0.6) is 0 Å². The van der Waals surface area contributed by atoms with Crippen LogP contribution in [-0.2, 0) is 16.5 Å². The molecule has 1 aromatic heterocycles. The van der Waals surface area contributed by atoms with E-state index in [0.717, 1.165) is 11.9 Å². The predicted octanol–water partition coefficient (Wildman–Crippen LogP) is 0.697. The van der Waals surface area contributed by atoms with Crippen molar-refractivity contribution in [1.82, 2.24) is 9.29 Å². The molecule has 6 nitrogen and oxygen atoms in total. The van der Waals surface area contributed by atoms with Crippen LogP contribution in [0.3, 0.4) is 0 Å². The smallest absolute Gasteiger partial charge is 0.358 e. The molecule has 0 radical (unpaired) electrons. The second kappa shape index (κ2) is 6.57. The van der Waals surface area contributed by atoms with Gasteiger partial charge in [-0.3, -0.25) is 4.72 Å². The molecule has 20 heavy (non-hydrogen) atoms. The number of rotatable bonds is 5. The van der Waals surface area contributed by atoms with Crippen molar-refractivity contribution in [1.29, 1.82) is 0 Å². The van der Waals surface area contributed by atoms with Crippen molar-refractivity contribution in [2.75, 3.05) is 19.8 Å². The summed E-state index contributed by atoms with van der Waals surface area (Å²) in [6.07, 6.45) is 0.889. The molecule has 112 valence electrons. The fraction of sp³-hybridized carbons (Fsp3) is 0.583. The number of halogens is 1. The summed E-state index contributed by atoms with van der Waals surface area (Å²) in [5.74, 6) is -1.32. The van der Waals surface area contributed by atoms with Gasteiger partial charge in [-0.25, -0.2) is 9.18 Å². The average molecular weight is 304 g/mol. The summed E-state index contributed by atoms with van der Waals surface area (Å²) in [6, 6.07) is -0.259. The molecule has 0 amide bonds. The second-order valence-electron chi connectivity index (χ2n) is 4.42. The fourth-order valence-electron chi connectivity index (χ4n) is 1.87. The van der Waals surface area contributed by atoms with E-state index in [1.807, 2.05) is 0 Å². The van der Waals surface area contributed by atoms with Gasteiger partial charge in [-0.05, 0) is 18.9 Å². The van der Waals surface area contributed by atoms with Crippen molar-refractivity contribution in [2.45, 2.75) is 24.0 Å². The van der Waals surface area contributed by atoms with Crippen LogP contribution in [0, 0.1) is 5.82 Å². The summed E-state index contributed by atoms with van der Waals surface area (Å²) in [4.78, 5) is 11.9. The normalized spacial score (nSPS) is 22.2. The number of ether oxygens (including phenoxy) is 2. The summed E-state index contributed by atoms with van der Waals surface area (Å²) in [5.41, 5.74) is -0.112. The SMILES string of the molecule is CCOC(=O)c1c(F)c(SNC2COCC2O)cn1C. The highest BCUT2D eigenvalue weighted by Gasteiger charge is 2.28. The predicted molar refractivity (Wildman–Crippen MR) is 70.9 cm³/mol. The molecule has 2 atom stereocenters. The number of hydrogen-bond donors (Lipinski definition) is 2. The molecule has 8 heteroatoms. The quantitative estimate of drug-likeness (QED) is 0.616. The molecule has 1 fully saturated rings. The lowest BCUT2D eigenvalue weighted by Gasteiger charge is -2.12. The van der Waals surface area contributed by atoms with Gasteiger partial charge in [0.15, 0.2) is 11.5 Å². The first kappa shape index (κ1) is 15.3. The fourth-order valence-corrected chi connectivity index (χ4v) is 2.77. The van der Waals surface area contributed by atoms with Gasteiger partial charge in [-0.15, -0.1) is 0 Å². The van der Waals surface area contributed by atoms with Gasteiger partial charge in [0.2, 0.25) is 0 Å². The van der Waals surface area contributed by atoms with E-state index in [0.29, 0.717) is 6.61 Å². The van der Waals surface area contributed by atoms with E-state index in [2.05, 4.69) is 4.72 Å². The molecule has 0 aromatic carbocycles. The minimum atomic E-state index is -0.691. The number of carbonyl (C=O) groups excluding carboxylic acids is 1. The van der Waals surface area contributed by atoms with Crippen LogP contribution in [0.15, 0.2) is 11.1 Å². The Morgan fingerprint density at radius 1 is 1.70 bits per heavy atom. The third-order valence-electron chi connectivity index (χ3n) is 2.93. The zero-order valence-corrected chi connectivity index (χ0v) is 12.1. The molecule has 2 N–H and O–H groups in total. The summed E-state index contributed by atoms with van der Waals surface area (Å²) < 4.78 is 28.4. The molecule has 0 spiro atoms. The number of aromatic nitrogens is 1. The lowest BCUT2D eigenvalue weighted by molar-refractivity contribution is 0.0509. The maximum absolute atomic E-state index is 14.2. The highest BCUT2D eigenvalue weighted by molar-refractivity contribution is 7.97. The van der Waals surface area contributed by atoms with Gasteiger partial charge in [0.05, 0.1) is 36.9 Å². The molecule has 1 aliphatic rings. The summed E-state index contributed by atoms with van der Waals surface area (Å²) >= 11 is 1.02. The number of nitrogens with zero attached hydrogens (tertiary/aromatic N) is 1. The van der Waals surface area contributed by atoms with Crippen molar-refractivity contribution in [3.8, 4) is 0 Å². The lowest BCUT2D eigenvalue weighted by atomic mass is 10.2. The van der Waals surface area contributed by atoms with Crippen molar-refractivity contribution >= 4 is 17.9 Å². The third-order valence-corrected chi connectivity index (χ3v) is 3.85. The Morgan fingerprint density at radius 2 is 2.45 bits per heavy atom. The van der Waals surface area contributed by atoms with Gasteiger partial charge in [0, 0.05) is 13.2 Å². The maximum Gasteiger partial charge on any atom is 0.358 e. The summed E-state index contributed by atoms with van der Waals surface area (Å²) in [6.45, 7) is 2.49. The standard InChI is InChI=1S/C12H17FN2O4S/c1-3-19-12(17)11-10(13)9(4-15(11)2)20-14-7-5-18-6-8(7)16/h4,7-8,14,16H,3,5-6H2,1-2H3. The molecule has 2 unspecified atom stereocenters. The van der Waals surface area contributed by atoms with Crippen molar-refractivity contribution in [3.63, 3.8) is 0 Å². The van der Waals surface area contributed by atoms with E-state index in [9.17, 15) is 14.3 Å². The largest absolute Gasteiger partial charge is 0.461 e. The Kier molecular flexibility index (Phi) is 5.03. The van der Waals surface area contributed by atoms with E-state index in [-0.39, 0.29) is 29.8 Å². The molecule has 0 aliphatic carbocycles. The molecule has 0 saturated carbocycles. The van der Waals surface area contributed by atoms with Gasteiger partial charge in [-0.2, -0.15) is 0 Å². The van der Waals surface area contributed by atoms with Crippen LogP contribution in [-0.4, -0.2) is 47.6 Å². The molecular formula is C12H17FN2O4S. The first-order valence-electron chi connectivity index (χ1n) is 6.24. The van der Waals surface area contributed by atoms with Crippen LogP contribution in [0.4, 0.5) is 4.39 Å². The summed E-state index contributed by atoms with van der Waals surface area (Å²) in [7, 11) is 1.58. The third kappa shape index (κ3) is 3.14. The highest BCUT2D eigenvalue weighted by Crippen LogP contribution is 2.25. The second-order valence-corrected chi connectivity index (χ2v) is 5.30. The van der Waals surface area contributed by atoms with E-state index in [4.69, 9.17) is 9.47 Å². The van der Waals surface area contributed by atoms with Gasteiger partial charge in [-0.1, -0.05) is 0 Å². The first-order chi connectivity index (χ1) is 9.54. The van der Waals surface area contributed by atoms with Crippen LogP contribution in [0.25, 0.3) is 0 Å². The van der Waals surface area contributed by atoms with Gasteiger partial charge < -0.3 is 19.1 Å². The lowest BCUT2D eigenvalue weighted by Crippen LogP contribution is -2.34. The van der Waals surface area contributed by atoms with Crippen LogP contribution < -0.4 is 4.72 Å². The maximum atomic E-state index is 14.2. The van der Waals surface area contributed by atoms with Crippen LogP contribution in [0.1, 0.15) is 17.4 Å². The zero-order chi connectivity index (χ0) is 14.7. The van der Waals surface area contributed by atoms with E-state index >= 15 is 0 Å². The number of nitrogens with one attached hydrogen (secondary N) is 1. The monoisotopic (exact) mass is 304 g/mol. The molecule has 0 bridgehead atoms. The van der Waals surface area contributed by atoms with Gasteiger partial charge in [0.25, 0.3) is 0 Å². The number of esters is 1. The number of hydrogen-bond acceptors (Lipinski definition) is 6. The Hall–Kier alpha value is -1.09. The molecule has 1 aliphatic heterocycles. The van der Waals surface area contributed by atoms with Gasteiger partial charge in [0.1, 0.15) is 0 Å². The Labute approximate surface area is 120 Å². The van der Waals surface area contributed by atoms with Gasteiger partial charge >= 0.3 is 5.97 Å². The molecule has 1 aromatic rings. The van der Waals surface area contributed by atoms with Crippen molar-refractivity contribution < 1.29 is 23.8 Å². The number of carbonyl (C=O) groups is 1. The number of aliphatic hydroxyl groups is 1. The van der Waals surface area contributed by atoms with Crippen LogP contribution in [0.2, 0.25) is 0 Å². The Bertz CT molecular complexity index is 494. The number of aliphatic hydroxyl groups excluding tert-OH is 1. The molecule has 2 heterocycles. The minimum absolute atomic E-state index is 0.112. The van der Waals surface area contributed by atoms with E-state index < -0.39 is 17.9 Å². The highest BCUT2D eigenvalue weighted by atomic mass is 32.2. The van der Waals surface area contributed by atoms with Crippen LogP contribution >= 0.6 is 11.9 Å². The molecular weight excluding hydrogens is 287 g/mol.